The Morgan fingerprint density at radius 2 is 2.36 bits per heavy atom. The zero-order valence-corrected chi connectivity index (χ0v) is 8.46. The fraction of sp³-hybridized carbons (Fsp3) is 0.778. The Hall–Kier alpha value is -1.10. The highest BCUT2D eigenvalue weighted by Gasteiger charge is 2.54. The predicted octanol–water partition coefficient (Wildman–Crippen LogP) is -0.371. The van der Waals surface area contributed by atoms with Crippen LogP contribution < -0.4 is 10.6 Å². The lowest BCUT2D eigenvalue weighted by Gasteiger charge is -2.41. The lowest BCUT2D eigenvalue weighted by molar-refractivity contribution is -0.132. The summed E-state index contributed by atoms with van der Waals surface area (Å²) in [6.45, 7) is 2.61. The summed E-state index contributed by atoms with van der Waals surface area (Å²) in [4.78, 5) is 15.8. The van der Waals surface area contributed by atoms with Crippen molar-refractivity contribution in [1.82, 2.24) is 10.6 Å². The van der Waals surface area contributed by atoms with Crippen LogP contribution in [0, 0.1) is 0 Å². The van der Waals surface area contributed by atoms with E-state index >= 15 is 0 Å². The smallest absolute Gasteiger partial charge is 0.252 e. The number of rotatable bonds is 2. The van der Waals surface area contributed by atoms with Gasteiger partial charge in [-0.25, -0.2) is 0 Å². The van der Waals surface area contributed by atoms with Crippen LogP contribution in [0.3, 0.4) is 0 Å². The molecule has 14 heavy (non-hydrogen) atoms. The number of carbonyl (C=O) groups excluding carboxylic acids is 1. The minimum atomic E-state index is -0.436. The van der Waals surface area contributed by atoms with E-state index in [-0.39, 0.29) is 12.0 Å². The molecule has 1 heterocycles. The van der Waals surface area contributed by atoms with Crippen molar-refractivity contribution in [3.05, 3.63) is 0 Å². The minimum Gasteiger partial charge on any atom is -0.381 e. The summed E-state index contributed by atoms with van der Waals surface area (Å²) in [5, 5.41) is 5.86. The number of carbonyl (C=O) groups is 1. The van der Waals surface area contributed by atoms with Gasteiger partial charge in [0.25, 0.3) is 5.91 Å². The number of ether oxygens (including phenoxy) is 1. The summed E-state index contributed by atoms with van der Waals surface area (Å²) < 4.78 is 5.16. The van der Waals surface area contributed by atoms with E-state index in [0.29, 0.717) is 12.5 Å². The van der Waals surface area contributed by atoms with Gasteiger partial charge in [-0.15, -0.1) is 0 Å². The highest BCUT2D eigenvalue weighted by molar-refractivity contribution is 6.09. The van der Waals surface area contributed by atoms with Gasteiger partial charge in [-0.05, 0) is 6.92 Å². The highest BCUT2D eigenvalue weighted by Crippen LogP contribution is 2.36. The van der Waals surface area contributed by atoms with Gasteiger partial charge in [-0.3, -0.25) is 15.1 Å². The molecule has 0 bridgehead atoms. The lowest BCUT2D eigenvalue weighted by atomic mass is 9.74. The van der Waals surface area contributed by atoms with Crippen LogP contribution in [-0.2, 0) is 9.53 Å². The molecule has 2 N–H and O–H groups in total. The molecule has 0 aromatic rings. The Balaban J connectivity index is 2.03. The SMILES string of the molecule is CCN=C1NC(=O)C2(CC(OC)C2)N1. The second-order valence-corrected chi connectivity index (χ2v) is 3.75. The first-order chi connectivity index (χ1) is 6.70. The van der Waals surface area contributed by atoms with Crippen molar-refractivity contribution in [3.63, 3.8) is 0 Å². The standard InChI is InChI=1S/C9H15N3O2/c1-3-10-8-11-7(13)9(12-8)4-6(5-9)14-2/h6H,3-5H2,1-2H3,(H2,10,11,12,13). The van der Waals surface area contributed by atoms with E-state index < -0.39 is 5.54 Å². The molecule has 1 aliphatic carbocycles. The summed E-state index contributed by atoms with van der Waals surface area (Å²) in [6.07, 6.45) is 1.67. The van der Waals surface area contributed by atoms with Crippen LogP contribution in [-0.4, -0.2) is 37.2 Å². The quantitative estimate of drug-likeness (QED) is 0.635. The van der Waals surface area contributed by atoms with Crippen LogP contribution in [0.4, 0.5) is 0 Å². The van der Waals surface area contributed by atoms with E-state index in [4.69, 9.17) is 4.74 Å². The Morgan fingerprint density at radius 1 is 1.64 bits per heavy atom. The Morgan fingerprint density at radius 3 is 2.93 bits per heavy atom. The number of nitrogens with one attached hydrogen (secondary N) is 2. The molecule has 0 aromatic heterocycles. The first-order valence-electron chi connectivity index (χ1n) is 4.87. The molecular formula is C9H15N3O2. The van der Waals surface area contributed by atoms with Gasteiger partial charge in [0.05, 0.1) is 6.10 Å². The molecule has 0 atom stereocenters. The van der Waals surface area contributed by atoms with Gasteiger partial charge in [0.2, 0.25) is 0 Å². The molecule has 78 valence electrons. The molecule has 2 rings (SSSR count). The van der Waals surface area contributed by atoms with Gasteiger partial charge in [-0.1, -0.05) is 0 Å². The van der Waals surface area contributed by atoms with Crippen molar-refractivity contribution in [2.75, 3.05) is 13.7 Å². The van der Waals surface area contributed by atoms with Crippen LogP contribution in [0.1, 0.15) is 19.8 Å². The fourth-order valence-corrected chi connectivity index (χ4v) is 1.95. The average molecular weight is 197 g/mol. The monoisotopic (exact) mass is 197 g/mol. The van der Waals surface area contributed by atoms with Crippen molar-refractivity contribution in [1.29, 1.82) is 0 Å². The molecule has 0 unspecified atom stereocenters. The summed E-state index contributed by atoms with van der Waals surface area (Å²) in [7, 11) is 1.67. The summed E-state index contributed by atoms with van der Waals surface area (Å²) in [5.74, 6) is 0.630. The molecule has 0 aromatic carbocycles. The second kappa shape index (κ2) is 3.24. The number of hydrogen-bond acceptors (Lipinski definition) is 3. The molecular weight excluding hydrogens is 182 g/mol. The van der Waals surface area contributed by atoms with E-state index in [1.54, 1.807) is 7.11 Å². The normalized spacial score (nSPS) is 38.3. The highest BCUT2D eigenvalue weighted by atomic mass is 16.5. The summed E-state index contributed by atoms with van der Waals surface area (Å²) in [5.41, 5.74) is -0.436. The topological polar surface area (TPSA) is 62.7 Å². The Labute approximate surface area is 82.9 Å². The van der Waals surface area contributed by atoms with Gasteiger partial charge < -0.3 is 10.1 Å². The van der Waals surface area contributed by atoms with Crippen molar-refractivity contribution < 1.29 is 9.53 Å². The third kappa shape index (κ3) is 1.28. The van der Waals surface area contributed by atoms with E-state index in [1.165, 1.54) is 0 Å². The maximum atomic E-state index is 11.6. The summed E-state index contributed by atoms with van der Waals surface area (Å²) in [6, 6.07) is 0. The third-order valence-electron chi connectivity index (χ3n) is 2.83. The van der Waals surface area contributed by atoms with Crippen LogP contribution in [0.15, 0.2) is 4.99 Å². The number of guanidine groups is 1. The molecule has 0 radical (unpaired) electrons. The average Bonchev–Trinajstić information content (AvgIpc) is 2.40. The number of amides is 1. The molecule has 1 spiro atoms. The number of nitrogens with zero attached hydrogens (tertiary/aromatic N) is 1. The van der Waals surface area contributed by atoms with Gasteiger partial charge >= 0.3 is 0 Å². The van der Waals surface area contributed by atoms with Crippen LogP contribution in [0.25, 0.3) is 0 Å². The van der Waals surface area contributed by atoms with E-state index in [2.05, 4.69) is 15.6 Å². The maximum absolute atomic E-state index is 11.6. The fourth-order valence-electron chi connectivity index (χ4n) is 1.95. The predicted molar refractivity (Wildman–Crippen MR) is 52.0 cm³/mol. The maximum Gasteiger partial charge on any atom is 0.252 e. The first kappa shape index (κ1) is 9.45. The first-order valence-corrected chi connectivity index (χ1v) is 4.87. The van der Waals surface area contributed by atoms with Crippen molar-refractivity contribution in [3.8, 4) is 0 Å². The molecule has 1 saturated heterocycles. The van der Waals surface area contributed by atoms with Gasteiger partial charge in [0.15, 0.2) is 5.96 Å². The van der Waals surface area contributed by atoms with Crippen molar-refractivity contribution in [2.45, 2.75) is 31.4 Å². The van der Waals surface area contributed by atoms with Gasteiger partial charge in [0.1, 0.15) is 5.54 Å². The van der Waals surface area contributed by atoms with Crippen LogP contribution >= 0.6 is 0 Å². The largest absolute Gasteiger partial charge is 0.381 e. The zero-order valence-electron chi connectivity index (χ0n) is 8.46. The van der Waals surface area contributed by atoms with Crippen molar-refractivity contribution >= 4 is 11.9 Å². The van der Waals surface area contributed by atoms with E-state index in [0.717, 1.165) is 12.8 Å². The Kier molecular flexibility index (Phi) is 2.19. The van der Waals surface area contributed by atoms with Gasteiger partial charge in [-0.2, -0.15) is 0 Å². The van der Waals surface area contributed by atoms with Gasteiger partial charge in [0, 0.05) is 26.5 Å². The summed E-state index contributed by atoms with van der Waals surface area (Å²) >= 11 is 0. The minimum absolute atomic E-state index is 0.0259. The Bertz CT molecular complexity index is 282. The lowest BCUT2D eigenvalue weighted by Crippen LogP contribution is -2.59. The van der Waals surface area contributed by atoms with E-state index in [9.17, 15) is 4.79 Å². The molecule has 1 amide bonds. The third-order valence-corrected chi connectivity index (χ3v) is 2.83. The molecule has 1 aliphatic heterocycles. The van der Waals surface area contributed by atoms with Crippen LogP contribution in [0.5, 0.6) is 0 Å². The van der Waals surface area contributed by atoms with E-state index in [1.807, 2.05) is 6.92 Å². The van der Waals surface area contributed by atoms with Crippen molar-refractivity contribution in [2.24, 2.45) is 4.99 Å². The number of hydrogen-bond donors (Lipinski definition) is 2. The van der Waals surface area contributed by atoms with Crippen LogP contribution in [0.2, 0.25) is 0 Å². The second-order valence-electron chi connectivity index (χ2n) is 3.75. The molecule has 5 heteroatoms. The zero-order chi connectivity index (χ0) is 10.2. The molecule has 2 fully saturated rings. The molecule has 2 aliphatic rings. The molecule has 1 saturated carbocycles. The molecule has 5 nitrogen and oxygen atoms in total. The number of methoxy groups -OCH3 is 1. The number of aliphatic imine (C=N–C) groups is 1.